The molecule has 0 atom stereocenters. The third kappa shape index (κ3) is 5.14. The van der Waals surface area contributed by atoms with Gasteiger partial charge >= 0.3 is 0 Å². The van der Waals surface area contributed by atoms with Crippen molar-refractivity contribution in [2.75, 3.05) is 19.1 Å². The highest BCUT2D eigenvalue weighted by Gasteiger charge is 2.12. The Morgan fingerprint density at radius 1 is 1.50 bits per heavy atom. The number of anilines is 1. The summed E-state index contributed by atoms with van der Waals surface area (Å²) in [6, 6.07) is 6.10. The first-order valence-corrected chi connectivity index (χ1v) is 7.88. The number of ether oxygens (including phenoxy) is 2. The molecule has 0 spiro atoms. The second-order valence-corrected chi connectivity index (χ2v) is 5.67. The Kier molecular flexibility index (Phi) is 6.44. The normalized spacial score (nSPS) is 10.5. The monoisotopic (exact) mass is 423 g/mol. The van der Waals surface area contributed by atoms with Gasteiger partial charge in [-0.2, -0.15) is 5.10 Å². The first-order chi connectivity index (χ1) is 12.4. The molecule has 1 amide bonds. The number of nitrogens with one attached hydrogen (secondary N) is 1. The number of rotatable bonds is 8. The van der Waals surface area contributed by atoms with Crippen LogP contribution in [-0.4, -0.2) is 35.7 Å². The van der Waals surface area contributed by atoms with Crippen molar-refractivity contribution in [2.45, 2.75) is 0 Å². The zero-order valence-corrected chi connectivity index (χ0v) is 15.1. The largest absolute Gasteiger partial charge is 0.493 e. The summed E-state index contributed by atoms with van der Waals surface area (Å²) in [5, 5.41) is 14.6. The molecule has 136 valence electrons. The van der Waals surface area contributed by atoms with Crippen LogP contribution in [0, 0.1) is 10.1 Å². The number of methoxy groups -OCH3 is 1. The first kappa shape index (κ1) is 19.1. The lowest BCUT2D eigenvalue weighted by molar-refractivity contribution is -0.385. The maximum absolute atomic E-state index is 10.9. The topological polar surface area (TPSA) is 142 Å². The number of hydrogen-bond acceptors (Lipinski definition) is 8. The Hall–Kier alpha value is -3.21. The Morgan fingerprint density at radius 3 is 2.85 bits per heavy atom. The molecular weight excluding hydrogens is 410 g/mol. The molecule has 1 aromatic carbocycles. The van der Waals surface area contributed by atoms with E-state index in [1.165, 1.54) is 25.5 Å². The summed E-state index contributed by atoms with van der Waals surface area (Å²) in [6.07, 6.45) is 2.62. The lowest BCUT2D eigenvalue weighted by Crippen LogP contribution is -2.20. The molecule has 0 aliphatic heterocycles. The molecule has 26 heavy (non-hydrogen) atoms. The van der Waals surface area contributed by atoms with Crippen molar-refractivity contribution in [3.63, 3.8) is 0 Å². The average Bonchev–Trinajstić information content (AvgIpc) is 2.60. The van der Waals surface area contributed by atoms with Crippen LogP contribution >= 0.6 is 15.9 Å². The van der Waals surface area contributed by atoms with Crippen molar-refractivity contribution < 1.29 is 19.2 Å². The second-order valence-electron chi connectivity index (χ2n) is 4.82. The van der Waals surface area contributed by atoms with Crippen LogP contribution in [0.2, 0.25) is 0 Å². The summed E-state index contributed by atoms with van der Waals surface area (Å²) in [5.74, 6) is 0.465. The summed E-state index contributed by atoms with van der Waals surface area (Å²) in [6.45, 7) is -0.282. The SMILES string of the molecule is COc1cc(/C=N/Nc2ccc([N+](=O)[O-])cn2)cc(Br)c1OCC(N)=O. The minimum Gasteiger partial charge on any atom is -0.493 e. The van der Waals surface area contributed by atoms with Crippen molar-refractivity contribution in [1.82, 2.24) is 4.98 Å². The van der Waals surface area contributed by atoms with Gasteiger partial charge in [-0.1, -0.05) is 0 Å². The van der Waals surface area contributed by atoms with E-state index in [0.717, 1.165) is 6.20 Å². The van der Waals surface area contributed by atoms with E-state index in [4.69, 9.17) is 15.2 Å². The summed E-state index contributed by atoms with van der Waals surface area (Å²) >= 11 is 3.33. The molecule has 1 heterocycles. The standard InChI is InChI=1S/C15H14BrN5O5/c1-25-12-5-9(4-11(16)15(12)26-8-13(17)22)6-19-20-14-3-2-10(7-18-14)21(23)24/h2-7H,8H2,1H3,(H2,17,22)(H,18,20)/b19-6+. The fourth-order valence-corrected chi connectivity index (χ4v) is 2.41. The average molecular weight is 424 g/mol. The van der Waals surface area contributed by atoms with Gasteiger partial charge in [0.05, 0.1) is 22.7 Å². The van der Waals surface area contributed by atoms with Gasteiger partial charge in [-0.05, 0) is 39.7 Å². The summed E-state index contributed by atoms with van der Waals surface area (Å²) in [5.41, 5.74) is 8.27. The molecule has 3 N–H and O–H groups in total. The van der Waals surface area contributed by atoms with Gasteiger partial charge in [-0.3, -0.25) is 20.3 Å². The molecule has 0 aliphatic rings. The maximum Gasteiger partial charge on any atom is 0.287 e. The molecule has 0 fully saturated rings. The van der Waals surface area contributed by atoms with Crippen molar-refractivity contribution in [1.29, 1.82) is 0 Å². The van der Waals surface area contributed by atoms with Crippen LogP contribution < -0.4 is 20.6 Å². The number of benzene rings is 1. The van der Waals surface area contributed by atoms with Gasteiger partial charge in [0, 0.05) is 6.07 Å². The molecule has 11 heteroatoms. The highest BCUT2D eigenvalue weighted by molar-refractivity contribution is 9.10. The summed E-state index contributed by atoms with van der Waals surface area (Å²) in [4.78, 5) is 24.8. The number of hydrazone groups is 1. The first-order valence-electron chi connectivity index (χ1n) is 7.09. The number of hydrogen-bond donors (Lipinski definition) is 2. The van der Waals surface area contributed by atoms with Crippen molar-refractivity contribution in [3.05, 3.63) is 50.6 Å². The van der Waals surface area contributed by atoms with Crippen LogP contribution in [0.1, 0.15) is 5.56 Å². The fourth-order valence-electron chi connectivity index (χ4n) is 1.83. The molecule has 2 aromatic rings. The van der Waals surface area contributed by atoms with Crippen LogP contribution in [0.15, 0.2) is 40.0 Å². The molecule has 0 bridgehead atoms. The van der Waals surface area contributed by atoms with Gasteiger partial charge in [0.25, 0.3) is 11.6 Å². The zero-order chi connectivity index (χ0) is 19.1. The quantitative estimate of drug-likeness (QED) is 0.375. The molecule has 0 unspecified atom stereocenters. The van der Waals surface area contributed by atoms with E-state index in [0.29, 0.717) is 27.4 Å². The fraction of sp³-hybridized carbons (Fsp3) is 0.133. The number of amides is 1. The van der Waals surface area contributed by atoms with Crippen molar-refractivity contribution in [3.8, 4) is 11.5 Å². The van der Waals surface area contributed by atoms with E-state index in [1.807, 2.05) is 0 Å². The van der Waals surface area contributed by atoms with Gasteiger partial charge in [-0.15, -0.1) is 0 Å². The smallest absolute Gasteiger partial charge is 0.287 e. The zero-order valence-electron chi connectivity index (χ0n) is 13.5. The molecule has 0 aliphatic carbocycles. The highest BCUT2D eigenvalue weighted by Crippen LogP contribution is 2.36. The van der Waals surface area contributed by atoms with Crippen molar-refractivity contribution >= 4 is 39.6 Å². The minimum absolute atomic E-state index is 0.111. The number of nitrogens with two attached hydrogens (primary N) is 1. The van der Waals surface area contributed by atoms with Gasteiger partial charge in [0.2, 0.25) is 0 Å². The third-order valence-corrected chi connectivity index (χ3v) is 3.55. The minimum atomic E-state index is -0.607. The van der Waals surface area contributed by atoms with E-state index >= 15 is 0 Å². The Balaban J connectivity index is 2.10. The number of pyridine rings is 1. The number of primary amides is 1. The number of nitrogens with zero attached hydrogens (tertiary/aromatic N) is 3. The van der Waals surface area contributed by atoms with E-state index in [2.05, 4.69) is 31.4 Å². The van der Waals surface area contributed by atoms with Gasteiger partial charge in [0.15, 0.2) is 18.1 Å². The molecular formula is C15H14BrN5O5. The number of aromatic nitrogens is 1. The lowest BCUT2D eigenvalue weighted by atomic mass is 10.2. The third-order valence-electron chi connectivity index (χ3n) is 2.96. The Labute approximate surface area is 156 Å². The van der Waals surface area contributed by atoms with Gasteiger partial charge in [-0.25, -0.2) is 4.98 Å². The number of carbonyl (C=O) groups is 1. The number of nitro groups is 1. The second kappa shape index (κ2) is 8.76. The highest BCUT2D eigenvalue weighted by atomic mass is 79.9. The predicted octanol–water partition coefficient (Wildman–Crippen LogP) is 2.07. The number of carbonyl (C=O) groups excluding carboxylic acids is 1. The van der Waals surface area contributed by atoms with E-state index in [9.17, 15) is 14.9 Å². The van der Waals surface area contributed by atoms with E-state index in [-0.39, 0.29) is 12.3 Å². The summed E-state index contributed by atoms with van der Waals surface area (Å²) in [7, 11) is 1.46. The van der Waals surface area contributed by atoms with Crippen LogP contribution in [0.3, 0.4) is 0 Å². The van der Waals surface area contributed by atoms with E-state index < -0.39 is 10.8 Å². The van der Waals surface area contributed by atoms with Gasteiger partial charge < -0.3 is 15.2 Å². The van der Waals surface area contributed by atoms with Crippen LogP contribution in [0.25, 0.3) is 0 Å². The van der Waals surface area contributed by atoms with Gasteiger partial charge in [0.1, 0.15) is 12.0 Å². The molecule has 0 saturated heterocycles. The molecule has 0 radical (unpaired) electrons. The molecule has 1 aromatic heterocycles. The maximum atomic E-state index is 10.9. The predicted molar refractivity (Wildman–Crippen MR) is 97.5 cm³/mol. The Bertz CT molecular complexity index is 841. The summed E-state index contributed by atoms with van der Waals surface area (Å²) < 4.78 is 11.1. The van der Waals surface area contributed by atoms with E-state index in [1.54, 1.807) is 12.1 Å². The Morgan fingerprint density at radius 2 is 2.27 bits per heavy atom. The number of halogens is 1. The molecule has 10 nitrogen and oxygen atoms in total. The van der Waals surface area contributed by atoms with Crippen LogP contribution in [0.5, 0.6) is 11.5 Å². The molecule has 2 rings (SSSR count). The lowest BCUT2D eigenvalue weighted by Gasteiger charge is -2.12. The van der Waals surface area contributed by atoms with Crippen molar-refractivity contribution in [2.24, 2.45) is 10.8 Å². The van der Waals surface area contributed by atoms with Crippen LogP contribution in [-0.2, 0) is 4.79 Å². The molecule has 0 saturated carbocycles. The van der Waals surface area contributed by atoms with Crippen LogP contribution in [0.4, 0.5) is 11.5 Å².